The number of likely N-dealkylation sites (tertiary alicyclic amines) is 1. The van der Waals surface area contributed by atoms with E-state index in [2.05, 4.69) is 24.4 Å². The van der Waals surface area contributed by atoms with Crippen molar-refractivity contribution in [2.24, 2.45) is 0 Å². The van der Waals surface area contributed by atoms with Crippen LogP contribution in [0.4, 0.5) is 5.69 Å². The van der Waals surface area contributed by atoms with Crippen molar-refractivity contribution in [1.29, 1.82) is 0 Å². The Hall–Kier alpha value is -2.95. The van der Waals surface area contributed by atoms with Crippen molar-refractivity contribution in [2.45, 2.75) is 19.5 Å². The fraction of sp³-hybridized carbons (Fsp3) is 0.286. The third-order valence-electron chi connectivity index (χ3n) is 5.16. The van der Waals surface area contributed by atoms with Crippen molar-refractivity contribution < 1.29 is 14.3 Å². The molecule has 1 N–H and O–H groups in total. The molecule has 26 heavy (non-hydrogen) atoms. The second kappa shape index (κ2) is 6.41. The molecule has 0 bridgehead atoms. The van der Waals surface area contributed by atoms with Crippen molar-refractivity contribution in [3.8, 4) is 11.5 Å². The van der Waals surface area contributed by atoms with Crippen molar-refractivity contribution in [3.63, 3.8) is 0 Å². The molecule has 0 radical (unpaired) electrons. The lowest BCUT2D eigenvalue weighted by Gasteiger charge is -2.32. The maximum Gasteiger partial charge on any atom is 0.259 e. The van der Waals surface area contributed by atoms with E-state index < -0.39 is 0 Å². The summed E-state index contributed by atoms with van der Waals surface area (Å²) in [5.41, 5.74) is 5.08. The zero-order valence-electron chi connectivity index (χ0n) is 15.2. The number of hydrogen-bond donors (Lipinski definition) is 1. The Morgan fingerprint density at radius 2 is 1.88 bits per heavy atom. The number of anilines is 1. The molecule has 1 amide bonds. The molecule has 2 aromatic rings. The first-order valence-corrected chi connectivity index (χ1v) is 8.72. The number of carbonyl (C=O) groups is 1. The normalized spacial score (nSPS) is 17.7. The van der Waals surface area contributed by atoms with Gasteiger partial charge in [0.2, 0.25) is 0 Å². The monoisotopic (exact) mass is 350 g/mol. The highest BCUT2D eigenvalue weighted by Gasteiger charge is 2.37. The summed E-state index contributed by atoms with van der Waals surface area (Å²) in [5.74, 6) is 1.36. The molecule has 0 spiro atoms. The number of aryl methyl sites for hydroxylation is 1. The van der Waals surface area contributed by atoms with Crippen LogP contribution in [0.25, 0.3) is 6.08 Å². The molecule has 2 aliphatic rings. The third kappa shape index (κ3) is 2.51. The number of carbonyl (C=O) groups excluding carboxylic acids is 1. The second-order valence-electron chi connectivity index (χ2n) is 6.59. The number of benzene rings is 2. The Kier molecular flexibility index (Phi) is 4.07. The lowest BCUT2D eigenvalue weighted by Crippen LogP contribution is -2.42. The Morgan fingerprint density at radius 3 is 2.65 bits per heavy atom. The van der Waals surface area contributed by atoms with E-state index in [-0.39, 0.29) is 12.1 Å². The van der Waals surface area contributed by atoms with Crippen molar-refractivity contribution in [3.05, 3.63) is 58.7 Å². The Morgan fingerprint density at radius 1 is 1.12 bits per heavy atom. The molecule has 134 valence electrons. The molecular formula is C21H22N2O3. The fourth-order valence-electron chi connectivity index (χ4n) is 3.76. The molecule has 5 nitrogen and oxygen atoms in total. The van der Waals surface area contributed by atoms with Crippen molar-refractivity contribution >= 4 is 17.7 Å². The quantitative estimate of drug-likeness (QED) is 0.917. The number of amides is 1. The third-order valence-corrected chi connectivity index (χ3v) is 5.16. The predicted octanol–water partition coefficient (Wildman–Crippen LogP) is 3.69. The number of methoxy groups -OCH3 is 2. The van der Waals surface area contributed by atoms with Gasteiger partial charge in [-0.05, 0) is 48.8 Å². The van der Waals surface area contributed by atoms with Crippen LogP contribution in [-0.4, -0.2) is 37.7 Å². The van der Waals surface area contributed by atoms with Gasteiger partial charge in [-0.2, -0.15) is 0 Å². The molecule has 0 aliphatic carbocycles. The van der Waals surface area contributed by atoms with Gasteiger partial charge >= 0.3 is 0 Å². The van der Waals surface area contributed by atoms with Crippen molar-refractivity contribution in [1.82, 2.24) is 4.90 Å². The van der Waals surface area contributed by atoms with Gasteiger partial charge in [-0.15, -0.1) is 0 Å². The molecule has 2 aliphatic heterocycles. The highest BCUT2D eigenvalue weighted by Crippen LogP contribution is 2.41. The molecule has 1 atom stereocenters. The summed E-state index contributed by atoms with van der Waals surface area (Å²) < 4.78 is 10.9. The zero-order valence-corrected chi connectivity index (χ0v) is 15.2. The Bertz CT molecular complexity index is 904. The lowest BCUT2D eigenvalue weighted by atomic mass is 9.97. The van der Waals surface area contributed by atoms with E-state index in [1.165, 1.54) is 11.1 Å². The van der Waals surface area contributed by atoms with E-state index in [9.17, 15) is 4.79 Å². The van der Waals surface area contributed by atoms with Crippen molar-refractivity contribution in [2.75, 3.05) is 26.1 Å². The number of fused-ring (bicyclic) bond motifs is 2. The molecular weight excluding hydrogens is 328 g/mol. The van der Waals surface area contributed by atoms with Gasteiger partial charge in [0.1, 0.15) is 17.7 Å². The van der Waals surface area contributed by atoms with Gasteiger partial charge in [-0.25, -0.2) is 0 Å². The number of ether oxygens (including phenoxy) is 2. The fourth-order valence-corrected chi connectivity index (χ4v) is 3.76. The summed E-state index contributed by atoms with van der Waals surface area (Å²) in [5, 5.41) is 3.53. The van der Waals surface area contributed by atoms with Gasteiger partial charge in [-0.1, -0.05) is 18.2 Å². The largest absolute Gasteiger partial charge is 0.496 e. The van der Waals surface area contributed by atoms with Crippen LogP contribution in [0, 0.1) is 6.92 Å². The minimum atomic E-state index is -0.157. The molecule has 0 saturated carbocycles. The van der Waals surface area contributed by atoms with E-state index in [1.54, 1.807) is 14.2 Å². The summed E-state index contributed by atoms with van der Waals surface area (Å²) in [7, 11) is 3.25. The Labute approximate surface area is 153 Å². The second-order valence-corrected chi connectivity index (χ2v) is 6.59. The molecule has 1 unspecified atom stereocenters. The number of nitrogens with zero attached hydrogens (tertiary/aromatic N) is 1. The number of rotatable bonds is 3. The standard InChI is InChI=1S/C21H22N2O3/c1-13-8-9-18(26-3)19-16(13)12-14-10-11-23(20(14)22-19)21(24)15-6-4-5-7-17(15)25-2/h4-9,12,20,22H,10-11H2,1-3H3. The molecule has 0 aromatic heterocycles. The molecule has 5 heteroatoms. The van der Waals surface area contributed by atoms with Gasteiger partial charge in [-0.3, -0.25) is 4.79 Å². The van der Waals surface area contributed by atoms with Crippen LogP contribution in [0.15, 0.2) is 42.0 Å². The summed E-state index contributed by atoms with van der Waals surface area (Å²) in [4.78, 5) is 15.0. The van der Waals surface area contributed by atoms with E-state index in [0.717, 1.165) is 23.4 Å². The summed E-state index contributed by atoms with van der Waals surface area (Å²) in [6, 6.07) is 11.4. The van der Waals surface area contributed by atoms with Gasteiger partial charge in [0.25, 0.3) is 5.91 Å². The minimum Gasteiger partial charge on any atom is -0.496 e. The maximum atomic E-state index is 13.2. The number of nitrogens with one attached hydrogen (secondary N) is 1. The average molecular weight is 350 g/mol. The van der Waals surface area contributed by atoms with Crippen LogP contribution in [0.1, 0.15) is 27.9 Å². The number of para-hydroxylation sites is 1. The molecule has 4 rings (SSSR count). The highest BCUT2D eigenvalue weighted by molar-refractivity contribution is 5.98. The number of hydrogen-bond acceptors (Lipinski definition) is 4. The Balaban J connectivity index is 1.70. The van der Waals surface area contributed by atoms with E-state index >= 15 is 0 Å². The topological polar surface area (TPSA) is 50.8 Å². The van der Waals surface area contributed by atoms with Crippen LogP contribution in [0.2, 0.25) is 0 Å². The first-order chi connectivity index (χ1) is 12.6. The van der Waals surface area contributed by atoms with E-state index in [4.69, 9.17) is 9.47 Å². The minimum absolute atomic E-state index is 0.0292. The van der Waals surface area contributed by atoms with Gasteiger partial charge in [0, 0.05) is 12.1 Å². The maximum absolute atomic E-state index is 13.2. The molecule has 2 heterocycles. The van der Waals surface area contributed by atoms with Crippen LogP contribution in [0.5, 0.6) is 11.5 Å². The van der Waals surface area contributed by atoms with Crippen LogP contribution in [-0.2, 0) is 0 Å². The predicted molar refractivity (Wildman–Crippen MR) is 102 cm³/mol. The molecule has 1 fully saturated rings. The highest BCUT2D eigenvalue weighted by atomic mass is 16.5. The lowest BCUT2D eigenvalue weighted by molar-refractivity contribution is 0.0756. The smallest absolute Gasteiger partial charge is 0.259 e. The first-order valence-electron chi connectivity index (χ1n) is 8.72. The first kappa shape index (κ1) is 16.5. The van der Waals surface area contributed by atoms with Crippen LogP contribution < -0.4 is 14.8 Å². The van der Waals surface area contributed by atoms with Crippen LogP contribution in [0.3, 0.4) is 0 Å². The zero-order chi connectivity index (χ0) is 18.3. The van der Waals surface area contributed by atoms with Gasteiger partial charge in [0.15, 0.2) is 0 Å². The summed E-state index contributed by atoms with van der Waals surface area (Å²) in [6.07, 6.45) is 2.90. The molecule has 1 saturated heterocycles. The van der Waals surface area contributed by atoms with E-state index in [1.807, 2.05) is 35.2 Å². The van der Waals surface area contributed by atoms with Gasteiger partial charge < -0.3 is 19.7 Å². The summed E-state index contributed by atoms with van der Waals surface area (Å²) in [6.45, 7) is 2.76. The van der Waals surface area contributed by atoms with Crippen LogP contribution >= 0.6 is 0 Å². The van der Waals surface area contributed by atoms with Gasteiger partial charge in [0.05, 0.1) is 25.5 Å². The molecule has 2 aromatic carbocycles. The average Bonchev–Trinajstić information content (AvgIpc) is 3.09. The SMILES string of the molecule is COc1ccccc1C(=O)N1CCC2=Cc3c(C)ccc(OC)c3NC21. The van der Waals surface area contributed by atoms with E-state index in [0.29, 0.717) is 17.9 Å². The summed E-state index contributed by atoms with van der Waals surface area (Å²) >= 11 is 0.